The van der Waals surface area contributed by atoms with E-state index in [4.69, 9.17) is 23.2 Å². The number of benzene rings is 3. The van der Waals surface area contributed by atoms with E-state index < -0.39 is 0 Å². The Bertz CT molecular complexity index is 1020. The monoisotopic (exact) mass is 396 g/mol. The summed E-state index contributed by atoms with van der Waals surface area (Å²) < 4.78 is 0. The number of carbonyl (C=O) groups excluding carboxylic acids is 1. The Morgan fingerprint density at radius 2 is 1.63 bits per heavy atom. The fraction of sp³-hybridized carbons (Fsp3) is 0.136. The van der Waals surface area contributed by atoms with Crippen molar-refractivity contribution in [3.8, 4) is 0 Å². The lowest BCUT2D eigenvalue weighted by Gasteiger charge is -2.28. The summed E-state index contributed by atoms with van der Waals surface area (Å²) in [6.45, 7) is 2.39. The molecule has 0 radical (unpaired) electrons. The molecule has 0 aliphatic carbocycles. The number of anilines is 1. The lowest BCUT2D eigenvalue weighted by atomic mass is 10.1. The number of amides is 1. The van der Waals surface area contributed by atoms with E-state index in [0.717, 1.165) is 22.4 Å². The molecule has 1 heterocycles. The Morgan fingerprint density at radius 3 is 2.44 bits per heavy atom. The van der Waals surface area contributed by atoms with Gasteiger partial charge in [0.15, 0.2) is 0 Å². The van der Waals surface area contributed by atoms with Crippen molar-refractivity contribution in [3.05, 3.63) is 99.0 Å². The summed E-state index contributed by atoms with van der Waals surface area (Å²) in [6, 6.07) is 21.0. The fourth-order valence-corrected chi connectivity index (χ4v) is 3.78. The summed E-state index contributed by atoms with van der Waals surface area (Å²) in [5, 5.41) is 4.85. The van der Waals surface area contributed by atoms with Crippen LogP contribution in [0.25, 0.3) is 0 Å². The molecule has 0 saturated carbocycles. The van der Waals surface area contributed by atoms with Crippen LogP contribution in [0.3, 0.4) is 0 Å². The molecule has 3 aromatic carbocycles. The van der Waals surface area contributed by atoms with E-state index in [2.05, 4.69) is 5.32 Å². The van der Waals surface area contributed by atoms with E-state index in [9.17, 15) is 4.79 Å². The van der Waals surface area contributed by atoms with Gasteiger partial charge in [-0.2, -0.15) is 0 Å². The van der Waals surface area contributed by atoms with E-state index in [1.54, 1.807) is 0 Å². The first-order valence-corrected chi connectivity index (χ1v) is 9.47. The van der Waals surface area contributed by atoms with Crippen molar-refractivity contribution < 1.29 is 4.79 Å². The Hall–Kier alpha value is -2.49. The first-order valence-electron chi connectivity index (χ1n) is 8.71. The molecule has 3 nitrogen and oxygen atoms in total. The zero-order valence-corrected chi connectivity index (χ0v) is 16.3. The average molecular weight is 397 g/mol. The quantitative estimate of drug-likeness (QED) is 0.580. The Balaban J connectivity index is 1.74. The molecule has 0 fully saturated rings. The molecule has 5 heteroatoms. The van der Waals surface area contributed by atoms with Gasteiger partial charge in [-0.15, -0.1) is 0 Å². The van der Waals surface area contributed by atoms with E-state index >= 15 is 0 Å². The van der Waals surface area contributed by atoms with Crippen LogP contribution < -0.4 is 5.32 Å². The van der Waals surface area contributed by atoms with Crippen molar-refractivity contribution in [2.45, 2.75) is 19.6 Å². The maximum absolute atomic E-state index is 13.1. The SMILES string of the molecule is Cc1c(Cl)cccc1NC1c2ccccc2C(=O)N1Cc1ccccc1Cl. The molecule has 0 bridgehead atoms. The van der Waals surface area contributed by atoms with Gasteiger partial charge in [-0.3, -0.25) is 4.79 Å². The van der Waals surface area contributed by atoms with Crippen molar-refractivity contribution in [2.24, 2.45) is 0 Å². The fourth-order valence-electron chi connectivity index (χ4n) is 3.41. The third-order valence-corrected chi connectivity index (χ3v) is 5.69. The maximum atomic E-state index is 13.1. The van der Waals surface area contributed by atoms with Gasteiger partial charge in [-0.1, -0.05) is 65.7 Å². The number of hydrogen-bond acceptors (Lipinski definition) is 2. The van der Waals surface area contributed by atoms with Crippen molar-refractivity contribution in [1.82, 2.24) is 4.90 Å². The topological polar surface area (TPSA) is 32.3 Å². The number of carbonyl (C=O) groups is 1. The van der Waals surface area contributed by atoms with Crippen LogP contribution in [0.5, 0.6) is 0 Å². The van der Waals surface area contributed by atoms with E-state index in [1.165, 1.54) is 0 Å². The highest BCUT2D eigenvalue weighted by atomic mass is 35.5. The Labute approximate surface area is 168 Å². The predicted molar refractivity (Wildman–Crippen MR) is 110 cm³/mol. The summed E-state index contributed by atoms with van der Waals surface area (Å²) in [5.74, 6) is -0.0114. The first-order chi connectivity index (χ1) is 13.1. The molecule has 1 atom stereocenters. The maximum Gasteiger partial charge on any atom is 0.256 e. The second-order valence-corrected chi connectivity index (χ2v) is 7.39. The highest BCUT2D eigenvalue weighted by Gasteiger charge is 2.36. The van der Waals surface area contributed by atoms with Gasteiger partial charge < -0.3 is 10.2 Å². The minimum atomic E-state index is -0.290. The molecule has 27 heavy (non-hydrogen) atoms. The van der Waals surface area contributed by atoms with Crippen LogP contribution in [0.1, 0.15) is 33.2 Å². The summed E-state index contributed by atoms with van der Waals surface area (Å²) >= 11 is 12.6. The largest absolute Gasteiger partial charge is 0.361 e. The number of nitrogens with zero attached hydrogens (tertiary/aromatic N) is 1. The van der Waals surface area contributed by atoms with E-state index in [-0.39, 0.29) is 12.1 Å². The van der Waals surface area contributed by atoms with Crippen LogP contribution in [-0.2, 0) is 6.54 Å². The number of nitrogens with one attached hydrogen (secondary N) is 1. The Morgan fingerprint density at radius 1 is 0.926 bits per heavy atom. The molecule has 0 spiro atoms. The molecular formula is C22H18Cl2N2O. The van der Waals surface area contributed by atoms with E-state index in [0.29, 0.717) is 22.2 Å². The van der Waals surface area contributed by atoms with Gasteiger partial charge in [0.2, 0.25) is 0 Å². The summed E-state index contributed by atoms with van der Waals surface area (Å²) in [6.07, 6.45) is -0.290. The minimum absolute atomic E-state index is 0.0114. The molecular weight excluding hydrogens is 379 g/mol. The number of fused-ring (bicyclic) bond motifs is 1. The average Bonchev–Trinajstić information content (AvgIpc) is 2.93. The zero-order chi connectivity index (χ0) is 19.0. The lowest BCUT2D eigenvalue weighted by molar-refractivity contribution is 0.0729. The predicted octanol–water partition coefficient (Wildman–Crippen LogP) is 6.07. The third kappa shape index (κ3) is 3.29. The van der Waals surface area contributed by atoms with Crippen molar-refractivity contribution in [1.29, 1.82) is 0 Å². The molecule has 1 aliphatic rings. The molecule has 1 N–H and O–H groups in total. The van der Waals surface area contributed by atoms with Crippen molar-refractivity contribution in [2.75, 3.05) is 5.32 Å². The Kier molecular flexibility index (Phi) is 4.81. The highest BCUT2D eigenvalue weighted by molar-refractivity contribution is 6.31. The van der Waals surface area contributed by atoms with Gasteiger partial charge in [0.1, 0.15) is 6.17 Å². The van der Waals surface area contributed by atoms with Crippen molar-refractivity contribution in [3.63, 3.8) is 0 Å². The first kappa shape index (κ1) is 17.9. The van der Waals surface area contributed by atoms with Gasteiger partial charge in [0, 0.05) is 33.4 Å². The van der Waals surface area contributed by atoms with Crippen LogP contribution in [0.2, 0.25) is 10.0 Å². The van der Waals surface area contributed by atoms with Gasteiger partial charge in [0.05, 0.1) is 0 Å². The third-order valence-electron chi connectivity index (χ3n) is 4.92. The molecule has 136 valence electrons. The number of hydrogen-bond donors (Lipinski definition) is 1. The van der Waals surface area contributed by atoms with Crippen LogP contribution >= 0.6 is 23.2 Å². The van der Waals surface area contributed by atoms with Gasteiger partial charge in [-0.05, 0) is 42.3 Å². The molecule has 1 amide bonds. The number of halogens is 2. The van der Waals surface area contributed by atoms with Gasteiger partial charge in [-0.25, -0.2) is 0 Å². The summed E-state index contributed by atoms with van der Waals surface area (Å²) in [5.41, 5.74) is 4.43. The highest BCUT2D eigenvalue weighted by Crippen LogP contribution is 2.37. The molecule has 0 aromatic heterocycles. The molecule has 3 aromatic rings. The minimum Gasteiger partial charge on any atom is -0.361 e. The van der Waals surface area contributed by atoms with Crippen LogP contribution in [0, 0.1) is 6.92 Å². The summed E-state index contributed by atoms with van der Waals surface area (Å²) in [4.78, 5) is 14.9. The van der Waals surface area contributed by atoms with Gasteiger partial charge >= 0.3 is 0 Å². The molecule has 4 rings (SSSR count). The standard InChI is InChI=1S/C22H18Cl2N2O/c1-14-18(23)11-6-12-20(14)25-21-16-8-3-4-9-17(16)22(27)26(21)13-15-7-2-5-10-19(15)24/h2-12,21,25H,13H2,1H3. The number of rotatable bonds is 4. The molecule has 0 saturated heterocycles. The summed E-state index contributed by atoms with van der Waals surface area (Å²) in [7, 11) is 0. The van der Waals surface area contributed by atoms with Crippen LogP contribution in [0.4, 0.5) is 5.69 Å². The lowest BCUT2D eigenvalue weighted by Crippen LogP contribution is -2.32. The normalized spacial score (nSPS) is 15.7. The van der Waals surface area contributed by atoms with Gasteiger partial charge in [0.25, 0.3) is 5.91 Å². The zero-order valence-electron chi connectivity index (χ0n) is 14.7. The second kappa shape index (κ2) is 7.26. The molecule has 1 unspecified atom stereocenters. The van der Waals surface area contributed by atoms with Crippen LogP contribution in [-0.4, -0.2) is 10.8 Å². The van der Waals surface area contributed by atoms with E-state index in [1.807, 2.05) is 78.6 Å². The van der Waals surface area contributed by atoms with Crippen LogP contribution in [0.15, 0.2) is 66.7 Å². The smallest absolute Gasteiger partial charge is 0.256 e. The molecule has 1 aliphatic heterocycles. The second-order valence-electron chi connectivity index (χ2n) is 6.57. The van der Waals surface area contributed by atoms with Crippen molar-refractivity contribution >= 4 is 34.8 Å².